The number of urea groups is 1. The van der Waals surface area contributed by atoms with E-state index in [0.29, 0.717) is 18.0 Å². The van der Waals surface area contributed by atoms with Crippen molar-refractivity contribution in [1.29, 1.82) is 0 Å². The zero-order valence-electron chi connectivity index (χ0n) is 14.9. The summed E-state index contributed by atoms with van der Waals surface area (Å²) in [5, 5.41) is 3.00. The molecule has 0 saturated heterocycles. The molecule has 0 bridgehead atoms. The van der Waals surface area contributed by atoms with Gasteiger partial charge in [-0.15, -0.1) is 0 Å². The number of nitrogens with zero attached hydrogens (tertiary/aromatic N) is 1. The molecule has 130 valence electrons. The Morgan fingerprint density at radius 3 is 2.17 bits per heavy atom. The maximum absolute atomic E-state index is 12.4. The number of unbranched alkanes of at least 4 members (excludes halogenated alkanes) is 2. The van der Waals surface area contributed by atoms with Gasteiger partial charge < -0.3 is 19.7 Å². The first kappa shape index (κ1) is 19.1. The Morgan fingerprint density at radius 2 is 1.65 bits per heavy atom. The van der Waals surface area contributed by atoms with Crippen LogP contribution < -0.4 is 14.8 Å². The quantitative estimate of drug-likeness (QED) is 0.712. The topological polar surface area (TPSA) is 50.8 Å². The molecule has 1 rings (SSSR count). The largest absolute Gasteiger partial charge is 0.493 e. The van der Waals surface area contributed by atoms with E-state index in [1.165, 1.54) is 0 Å². The highest BCUT2D eigenvalue weighted by atomic mass is 16.5. The second kappa shape index (κ2) is 10.8. The fourth-order valence-electron chi connectivity index (χ4n) is 2.29. The molecule has 0 aliphatic heterocycles. The highest BCUT2D eigenvalue weighted by Gasteiger charge is 2.12. The van der Waals surface area contributed by atoms with E-state index in [1.807, 2.05) is 23.1 Å². The zero-order chi connectivity index (χ0) is 17.1. The third-order valence-electron chi connectivity index (χ3n) is 3.74. The molecular weight excluding hydrogens is 292 g/mol. The summed E-state index contributed by atoms with van der Waals surface area (Å²) in [5.41, 5.74) is 0.988. The van der Waals surface area contributed by atoms with Crippen LogP contribution in [0.25, 0.3) is 0 Å². The van der Waals surface area contributed by atoms with Crippen LogP contribution in [0.2, 0.25) is 0 Å². The van der Waals surface area contributed by atoms with Crippen LogP contribution in [-0.4, -0.2) is 38.2 Å². The zero-order valence-corrected chi connectivity index (χ0v) is 14.9. The second-order valence-electron chi connectivity index (χ2n) is 5.54. The SMILES string of the molecule is CCCCN(CCCC)C(=O)NCc1ccc(OC)c(OC)c1. The first-order valence-corrected chi connectivity index (χ1v) is 8.39. The highest BCUT2D eigenvalue weighted by Crippen LogP contribution is 2.27. The van der Waals surface area contributed by atoms with Gasteiger partial charge in [-0.25, -0.2) is 4.79 Å². The van der Waals surface area contributed by atoms with Crippen molar-refractivity contribution in [3.05, 3.63) is 23.8 Å². The molecule has 1 aromatic carbocycles. The van der Waals surface area contributed by atoms with Crippen molar-refractivity contribution in [3.63, 3.8) is 0 Å². The third kappa shape index (κ3) is 6.38. The van der Waals surface area contributed by atoms with Gasteiger partial charge >= 0.3 is 6.03 Å². The van der Waals surface area contributed by atoms with Crippen LogP contribution in [0.1, 0.15) is 45.1 Å². The summed E-state index contributed by atoms with van der Waals surface area (Å²) in [5.74, 6) is 1.36. The summed E-state index contributed by atoms with van der Waals surface area (Å²) in [6.07, 6.45) is 4.25. The lowest BCUT2D eigenvalue weighted by molar-refractivity contribution is 0.195. The minimum Gasteiger partial charge on any atom is -0.493 e. The number of hydrogen-bond donors (Lipinski definition) is 1. The number of benzene rings is 1. The van der Waals surface area contributed by atoms with Crippen LogP contribution in [0.5, 0.6) is 11.5 Å². The van der Waals surface area contributed by atoms with E-state index in [1.54, 1.807) is 14.2 Å². The Morgan fingerprint density at radius 1 is 1.04 bits per heavy atom. The Hall–Kier alpha value is -1.91. The summed E-state index contributed by atoms with van der Waals surface area (Å²) in [4.78, 5) is 14.3. The molecule has 0 radical (unpaired) electrons. The molecule has 5 nitrogen and oxygen atoms in total. The molecule has 0 aromatic heterocycles. The molecule has 23 heavy (non-hydrogen) atoms. The summed E-state index contributed by atoms with van der Waals surface area (Å²) < 4.78 is 10.5. The Kier molecular flexibility index (Phi) is 8.95. The molecule has 0 aliphatic rings. The highest BCUT2D eigenvalue weighted by molar-refractivity contribution is 5.74. The molecule has 0 heterocycles. The molecule has 0 fully saturated rings. The Balaban J connectivity index is 2.61. The van der Waals surface area contributed by atoms with Crippen molar-refractivity contribution in [3.8, 4) is 11.5 Å². The van der Waals surface area contributed by atoms with Gasteiger partial charge in [0.25, 0.3) is 0 Å². The normalized spacial score (nSPS) is 10.3. The van der Waals surface area contributed by atoms with Gasteiger partial charge in [0, 0.05) is 19.6 Å². The van der Waals surface area contributed by atoms with Gasteiger partial charge in [-0.2, -0.15) is 0 Å². The van der Waals surface area contributed by atoms with Crippen molar-refractivity contribution in [2.75, 3.05) is 27.3 Å². The van der Waals surface area contributed by atoms with Crippen molar-refractivity contribution < 1.29 is 14.3 Å². The van der Waals surface area contributed by atoms with Crippen LogP contribution in [0, 0.1) is 0 Å². The van der Waals surface area contributed by atoms with Gasteiger partial charge in [-0.1, -0.05) is 32.8 Å². The molecule has 0 saturated carbocycles. The van der Waals surface area contributed by atoms with E-state index in [2.05, 4.69) is 19.2 Å². The molecule has 0 atom stereocenters. The smallest absolute Gasteiger partial charge is 0.317 e. The maximum Gasteiger partial charge on any atom is 0.317 e. The van der Waals surface area contributed by atoms with Gasteiger partial charge in [0.2, 0.25) is 0 Å². The van der Waals surface area contributed by atoms with Gasteiger partial charge in [0.1, 0.15) is 0 Å². The monoisotopic (exact) mass is 322 g/mol. The van der Waals surface area contributed by atoms with Crippen molar-refractivity contribution >= 4 is 6.03 Å². The fraction of sp³-hybridized carbons (Fsp3) is 0.611. The number of hydrogen-bond acceptors (Lipinski definition) is 3. The maximum atomic E-state index is 12.4. The minimum absolute atomic E-state index is 0.00156. The molecule has 5 heteroatoms. The lowest BCUT2D eigenvalue weighted by Crippen LogP contribution is -2.40. The van der Waals surface area contributed by atoms with E-state index < -0.39 is 0 Å². The van der Waals surface area contributed by atoms with Crippen molar-refractivity contribution in [2.24, 2.45) is 0 Å². The number of amides is 2. The molecule has 1 N–H and O–H groups in total. The van der Waals surface area contributed by atoms with Crippen molar-refractivity contribution in [2.45, 2.75) is 46.1 Å². The predicted molar refractivity (Wildman–Crippen MR) is 93.2 cm³/mol. The Bertz CT molecular complexity index is 469. The minimum atomic E-state index is 0.00156. The molecule has 2 amide bonds. The second-order valence-corrected chi connectivity index (χ2v) is 5.54. The summed E-state index contributed by atoms with van der Waals surface area (Å²) in [6.45, 7) is 6.38. The third-order valence-corrected chi connectivity index (χ3v) is 3.74. The molecule has 0 spiro atoms. The number of rotatable bonds is 10. The van der Waals surface area contributed by atoms with E-state index in [0.717, 1.165) is 44.3 Å². The van der Waals surface area contributed by atoms with Crippen LogP contribution in [0.15, 0.2) is 18.2 Å². The molecule has 0 unspecified atom stereocenters. The summed E-state index contributed by atoms with van der Waals surface area (Å²) in [6, 6.07) is 5.68. The predicted octanol–water partition coefficient (Wildman–Crippen LogP) is 3.82. The van der Waals surface area contributed by atoms with E-state index in [9.17, 15) is 4.79 Å². The van der Waals surface area contributed by atoms with Gasteiger partial charge in [-0.3, -0.25) is 0 Å². The van der Waals surface area contributed by atoms with Crippen LogP contribution >= 0.6 is 0 Å². The standard InChI is InChI=1S/C18H30N2O3/c1-5-7-11-20(12-8-6-2)18(21)19-14-15-9-10-16(22-3)17(13-15)23-4/h9-10,13H,5-8,11-12,14H2,1-4H3,(H,19,21). The Labute approximate surface area is 140 Å². The summed E-state index contributed by atoms with van der Waals surface area (Å²) >= 11 is 0. The van der Waals surface area contributed by atoms with Crippen molar-refractivity contribution in [1.82, 2.24) is 10.2 Å². The van der Waals surface area contributed by atoms with Gasteiger partial charge in [0.05, 0.1) is 14.2 Å². The average Bonchev–Trinajstić information content (AvgIpc) is 2.59. The fourth-order valence-corrected chi connectivity index (χ4v) is 2.29. The van der Waals surface area contributed by atoms with Crippen LogP contribution in [0.4, 0.5) is 4.79 Å². The number of ether oxygens (including phenoxy) is 2. The van der Waals surface area contributed by atoms with Gasteiger partial charge in [0.15, 0.2) is 11.5 Å². The number of carbonyl (C=O) groups is 1. The van der Waals surface area contributed by atoms with Gasteiger partial charge in [-0.05, 0) is 30.5 Å². The van der Waals surface area contributed by atoms with Crippen LogP contribution in [-0.2, 0) is 6.54 Å². The number of nitrogens with one attached hydrogen (secondary N) is 1. The first-order valence-electron chi connectivity index (χ1n) is 8.39. The molecular formula is C18H30N2O3. The number of methoxy groups -OCH3 is 2. The lowest BCUT2D eigenvalue weighted by Gasteiger charge is -2.23. The molecule has 0 aliphatic carbocycles. The van der Waals surface area contributed by atoms with E-state index >= 15 is 0 Å². The average molecular weight is 322 g/mol. The molecule has 1 aromatic rings. The summed E-state index contributed by atoms with van der Waals surface area (Å²) in [7, 11) is 3.22. The van der Waals surface area contributed by atoms with E-state index in [4.69, 9.17) is 9.47 Å². The van der Waals surface area contributed by atoms with E-state index in [-0.39, 0.29) is 6.03 Å². The van der Waals surface area contributed by atoms with Crippen LogP contribution in [0.3, 0.4) is 0 Å². The first-order chi connectivity index (χ1) is 11.2. The lowest BCUT2D eigenvalue weighted by atomic mass is 10.2. The number of carbonyl (C=O) groups excluding carboxylic acids is 1.